The van der Waals surface area contributed by atoms with E-state index in [1.165, 1.54) is 47.8 Å². The Morgan fingerprint density at radius 3 is 2.08 bits per heavy atom. The summed E-state index contributed by atoms with van der Waals surface area (Å²) in [6.45, 7) is 0. The van der Waals surface area contributed by atoms with E-state index in [4.69, 9.17) is 11.6 Å². The van der Waals surface area contributed by atoms with Crippen molar-refractivity contribution in [3.63, 3.8) is 0 Å². The van der Waals surface area contributed by atoms with Gasteiger partial charge in [-0.3, -0.25) is 0 Å². The van der Waals surface area contributed by atoms with Gasteiger partial charge in [0.1, 0.15) is 0 Å². The standard InChI is InChI=1S/C22H11ClS/c23-17-10-8-15-13-5-2-1-4-12(13)14-6-3-7-18-21(14)22-19(24-18)11-9-16(17)20(15)22/h1-11H. The molecule has 24 heavy (non-hydrogen) atoms. The summed E-state index contributed by atoms with van der Waals surface area (Å²) in [5, 5.41) is 6.00. The third-order valence-corrected chi connectivity index (χ3v) is 6.54. The Kier molecular flexibility index (Phi) is 2.37. The lowest BCUT2D eigenvalue weighted by Crippen LogP contribution is -1.85. The molecule has 4 aromatic carbocycles. The van der Waals surface area contributed by atoms with Crippen LogP contribution in [0, 0.1) is 0 Å². The summed E-state index contributed by atoms with van der Waals surface area (Å²) in [5.41, 5.74) is 5.21. The van der Waals surface area contributed by atoms with Gasteiger partial charge in [-0.15, -0.1) is 11.3 Å². The largest absolute Gasteiger partial charge is 0.135 e. The molecule has 0 atom stereocenters. The molecular formula is C22H11ClS. The van der Waals surface area contributed by atoms with Gasteiger partial charge in [0.15, 0.2) is 0 Å². The SMILES string of the molecule is Clc1ccc2c3c1ccc1sc4cccc(c4c13)-c1ccccc1-2. The first-order chi connectivity index (χ1) is 11.8. The molecule has 0 bridgehead atoms. The van der Waals surface area contributed by atoms with E-state index in [0.29, 0.717) is 0 Å². The fraction of sp³-hybridized carbons (Fsp3) is 0. The first-order valence-corrected chi connectivity index (χ1v) is 9.18. The molecule has 0 nitrogen and oxygen atoms in total. The minimum Gasteiger partial charge on any atom is -0.135 e. The van der Waals surface area contributed by atoms with Crippen LogP contribution < -0.4 is 0 Å². The van der Waals surface area contributed by atoms with Gasteiger partial charge in [-0.05, 0) is 40.5 Å². The predicted molar refractivity (Wildman–Crippen MR) is 106 cm³/mol. The van der Waals surface area contributed by atoms with E-state index in [1.54, 1.807) is 0 Å². The molecule has 1 aliphatic carbocycles. The maximum absolute atomic E-state index is 6.55. The number of hydrogen-bond donors (Lipinski definition) is 0. The zero-order valence-corrected chi connectivity index (χ0v) is 14.2. The van der Waals surface area contributed by atoms with Crippen LogP contribution in [0.25, 0.3) is 53.2 Å². The summed E-state index contributed by atoms with van der Waals surface area (Å²) < 4.78 is 2.68. The molecule has 0 aliphatic heterocycles. The van der Waals surface area contributed by atoms with Crippen LogP contribution in [-0.4, -0.2) is 0 Å². The van der Waals surface area contributed by atoms with Crippen molar-refractivity contribution < 1.29 is 0 Å². The van der Waals surface area contributed by atoms with Crippen molar-refractivity contribution in [1.82, 2.24) is 0 Å². The van der Waals surface area contributed by atoms with E-state index >= 15 is 0 Å². The lowest BCUT2D eigenvalue weighted by Gasteiger charge is -2.11. The Hall–Kier alpha value is -2.35. The second-order valence-electron chi connectivity index (χ2n) is 6.28. The second kappa shape index (κ2) is 4.38. The van der Waals surface area contributed by atoms with Gasteiger partial charge in [0.05, 0.1) is 0 Å². The first kappa shape index (κ1) is 13.0. The van der Waals surface area contributed by atoms with Gasteiger partial charge in [0.2, 0.25) is 0 Å². The fourth-order valence-electron chi connectivity index (χ4n) is 4.12. The molecule has 0 N–H and O–H groups in total. The quantitative estimate of drug-likeness (QED) is 0.268. The number of benzene rings is 4. The van der Waals surface area contributed by atoms with Crippen LogP contribution in [0.3, 0.4) is 0 Å². The van der Waals surface area contributed by atoms with Crippen molar-refractivity contribution in [2.45, 2.75) is 0 Å². The zero-order chi connectivity index (χ0) is 15.8. The highest BCUT2D eigenvalue weighted by Gasteiger charge is 2.22. The summed E-state index contributed by atoms with van der Waals surface area (Å²) in [4.78, 5) is 0. The van der Waals surface area contributed by atoms with Gasteiger partial charge in [-0.1, -0.05) is 60.1 Å². The molecule has 5 aromatic rings. The minimum atomic E-state index is 0.826. The van der Waals surface area contributed by atoms with Crippen molar-refractivity contribution in [3.05, 3.63) is 71.8 Å². The summed E-state index contributed by atoms with van der Waals surface area (Å²) in [6.07, 6.45) is 0. The second-order valence-corrected chi connectivity index (χ2v) is 7.77. The van der Waals surface area contributed by atoms with E-state index in [9.17, 15) is 0 Å². The number of fused-ring (bicyclic) bond motifs is 3. The number of hydrogen-bond acceptors (Lipinski definition) is 1. The van der Waals surface area contributed by atoms with Gasteiger partial charge in [0, 0.05) is 36.0 Å². The molecule has 1 heterocycles. The first-order valence-electron chi connectivity index (χ1n) is 7.99. The van der Waals surface area contributed by atoms with Crippen LogP contribution in [0.1, 0.15) is 0 Å². The maximum atomic E-state index is 6.55. The Morgan fingerprint density at radius 2 is 1.25 bits per heavy atom. The molecule has 0 saturated heterocycles. The van der Waals surface area contributed by atoms with E-state index in [0.717, 1.165) is 10.4 Å². The van der Waals surface area contributed by atoms with Crippen LogP contribution in [0.15, 0.2) is 66.7 Å². The van der Waals surface area contributed by atoms with E-state index in [1.807, 2.05) is 17.4 Å². The van der Waals surface area contributed by atoms with E-state index in [2.05, 4.69) is 60.7 Å². The van der Waals surface area contributed by atoms with Crippen molar-refractivity contribution in [2.24, 2.45) is 0 Å². The molecule has 112 valence electrons. The molecule has 0 fully saturated rings. The third-order valence-electron chi connectivity index (χ3n) is 5.09. The lowest BCUT2D eigenvalue weighted by molar-refractivity contribution is 1.65. The molecule has 0 spiro atoms. The smallest absolute Gasteiger partial charge is 0.0485 e. The Balaban J connectivity index is 2.07. The maximum Gasteiger partial charge on any atom is 0.0485 e. The Morgan fingerprint density at radius 1 is 0.542 bits per heavy atom. The van der Waals surface area contributed by atoms with Gasteiger partial charge >= 0.3 is 0 Å². The molecule has 6 rings (SSSR count). The summed E-state index contributed by atoms with van der Waals surface area (Å²) in [7, 11) is 0. The topological polar surface area (TPSA) is 0 Å². The Bertz CT molecular complexity index is 1310. The predicted octanol–water partition coefficient (Wildman–Crippen LogP) is 7.51. The van der Waals surface area contributed by atoms with Crippen LogP contribution in [0.4, 0.5) is 0 Å². The summed E-state index contributed by atoms with van der Waals surface area (Å²) >= 11 is 8.42. The van der Waals surface area contributed by atoms with Crippen LogP contribution >= 0.6 is 22.9 Å². The van der Waals surface area contributed by atoms with E-state index < -0.39 is 0 Å². The zero-order valence-electron chi connectivity index (χ0n) is 12.6. The monoisotopic (exact) mass is 342 g/mol. The fourth-order valence-corrected chi connectivity index (χ4v) is 5.48. The van der Waals surface area contributed by atoms with Gasteiger partial charge in [0.25, 0.3) is 0 Å². The lowest BCUT2D eigenvalue weighted by atomic mass is 9.94. The number of rotatable bonds is 0. The molecule has 0 unspecified atom stereocenters. The molecule has 0 amide bonds. The normalized spacial score (nSPS) is 12.4. The van der Waals surface area contributed by atoms with E-state index in [-0.39, 0.29) is 0 Å². The molecule has 0 radical (unpaired) electrons. The molecule has 1 aliphatic rings. The summed E-state index contributed by atoms with van der Waals surface area (Å²) in [6, 6.07) is 24.0. The third kappa shape index (κ3) is 1.45. The van der Waals surface area contributed by atoms with Crippen LogP contribution in [0.2, 0.25) is 5.02 Å². The molecular weight excluding hydrogens is 332 g/mol. The van der Waals surface area contributed by atoms with Crippen molar-refractivity contribution in [3.8, 4) is 22.3 Å². The minimum absolute atomic E-state index is 0.826. The van der Waals surface area contributed by atoms with Crippen molar-refractivity contribution >= 4 is 53.9 Å². The van der Waals surface area contributed by atoms with Gasteiger partial charge < -0.3 is 0 Å². The highest BCUT2D eigenvalue weighted by molar-refractivity contribution is 7.26. The Labute approximate surface area is 147 Å². The highest BCUT2D eigenvalue weighted by atomic mass is 35.5. The molecule has 2 heteroatoms. The average molecular weight is 343 g/mol. The van der Waals surface area contributed by atoms with Crippen molar-refractivity contribution in [1.29, 1.82) is 0 Å². The van der Waals surface area contributed by atoms with Crippen molar-refractivity contribution in [2.75, 3.05) is 0 Å². The average Bonchev–Trinajstić information content (AvgIpc) is 2.95. The number of halogens is 1. The van der Waals surface area contributed by atoms with Gasteiger partial charge in [-0.2, -0.15) is 0 Å². The number of thiophene rings is 1. The molecule has 1 aromatic heterocycles. The molecule has 0 saturated carbocycles. The summed E-state index contributed by atoms with van der Waals surface area (Å²) in [5.74, 6) is 0. The van der Waals surface area contributed by atoms with Crippen LogP contribution in [-0.2, 0) is 0 Å². The van der Waals surface area contributed by atoms with Crippen LogP contribution in [0.5, 0.6) is 0 Å². The highest BCUT2D eigenvalue weighted by Crippen LogP contribution is 2.51. The van der Waals surface area contributed by atoms with Gasteiger partial charge in [-0.25, -0.2) is 0 Å².